The van der Waals surface area contributed by atoms with Crippen molar-refractivity contribution in [3.63, 3.8) is 0 Å². The van der Waals surface area contributed by atoms with Crippen molar-refractivity contribution < 1.29 is 28.9 Å². The number of benzene rings is 4. The lowest BCUT2D eigenvalue weighted by molar-refractivity contribution is -0.384. The van der Waals surface area contributed by atoms with Gasteiger partial charge >= 0.3 is 11.4 Å². The third-order valence-corrected chi connectivity index (χ3v) is 14.5. The Morgan fingerprint density at radius 2 is 1.01 bits per heavy atom. The summed E-state index contributed by atoms with van der Waals surface area (Å²) in [6, 6.07) is 31.7. The maximum Gasteiger partial charge on any atom is 0.334 e. The van der Waals surface area contributed by atoms with Crippen LogP contribution in [0.5, 0.6) is 11.5 Å². The van der Waals surface area contributed by atoms with Gasteiger partial charge in [0.15, 0.2) is 11.6 Å². The SMILES string of the molecule is CCN1CCN(Cc2cc(Nc3nn(Cc4ccc(OC)cc4)c(C)c3[N+](=O)[O-])c(C(=O)c3ccccc3Cl)cn2)CC1.COc1ccc(Cn2nc(Nc3cc(CBr)ncc3C(=O)c3ccccc3Cl)c([N+](=O)[O-])c2C)cc1. The number of likely N-dealkylation sites (N-methyl/N-ethyl adjacent to an activating group) is 1. The predicted molar refractivity (Wildman–Crippen MR) is 306 cm³/mol. The normalized spacial score (nSPS) is 12.6. The minimum Gasteiger partial charge on any atom is -0.497 e. The van der Waals surface area contributed by atoms with Crippen molar-refractivity contribution in [2.24, 2.45) is 0 Å². The van der Waals surface area contributed by atoms with Gasteiger partial charge in [0.2, 0.25) is 11.6 Å². The smallest absolute Gasteiger partial charge is 0.334 e. The number of hydrogen-bond donors (Lipinski definition) is 2. The van der Waals surface area contributed by atoms with Crippen molar-refractivity contribution in [3.8, 4) is 11.5 Å². The van der Waals surface area contributed by atoms with Crippen LogP contribution in [0.4, 0.5) is 34.4 Å². The zero-order valence-corrected chi connectivity index (χ0v) is 46.9. The highest BCUT2D eigenvalue weighted by atomic mass is 79.9. The lowest BCUT2D eigenvalue weighted by Gasteiger charge is -2.33. The standard InChI is InChI=1S/C31H34ClN7O4.C25H21BrClN5O4/c1-4-36-13-15-37(16-14-36)20-23-17-28(26(18-33-23)30(40)25-7-5-6-8-27(25)32)34-31-29(39(41)42)21(2)38(35-31)19-22-9-11-24(43-3)12-10-22;1-15-23(32(34)35)25(30-31(15)14-16-7-9-18(36-2)10-8-16)29-22-11-17(12-26)28-13-20(22)24(33)19-5-3-4-6-21(19)27/h5-12,17-18H,4,13-16,19-20H2,1-3H3,(H,33,34,35);3-11,13H,12,14H2,1-2H3,(H,28,29,30). The quantitative estimate of drug-likeness (QED) is 0.0313. The summed E-state index contributed by atoms with van der Waals surface area (Å²) in [5.41, 5.74) is 5.33. The second-order valence-corrected chi connectivity index (χ2v) is 19.6. The maximum atomic E-state index is 13.7. The lowest BCUT2D eigenvalue weighted by atomic mass is 10.0. The third kappa shape index (κ3) is 13.6. The molecular weight excluding hydrogens is 1120 g/mol. The first-order chi connectivity index (χ1) is 38.1. The average molecular weight is 1170 g/mol. The maximum absolute atomic E-state index is 13.7. The van der Waals surface area contributed by atoms with E-state index in [2.05, 4.69) is 63.5 Å². The van der Waals surface area contributed by atoms with Crippen molar-refractivity contribution in [1.29, 1.82) is 0 Å². The number of pyridine rings is 2. The number of nitrogens with one attached hydrogen (secondary N) is 2. The Hall–Kier alpha value is -8.08. The number of hydrogen-bond acceptors (Lipinski definition) is 16. The van der Waals surface area contributed by atoms with Crippen LogP contribution in [0.2, 0.25) is 10.0 Å². The van der Waals surface area contributed by atoms with Crippen LogP contribution in [-0.2, 0) is 25.0 Å². The van der Waals surface area contributed by atoms with E-state index in [1.807, 2.05) is 48.5 Å². The summed E-state index contributed by atoms with van der Waals surface area (Å²) in [5, 5.41) is 40.4. The molecule has 23 heteroatoms. The molecule has 0 amide bonds. The Balaban J connectivity index is 0.000000211. The molecule has 0 radical (unpaired) electrons. The second kappa shape index (κ2) is 26.0. The molecule has 0 spiro atoms. The average Bonchev–Trinajstić information content (AvgIpc) is 4.15. The van der Waals surface area contributed by atoms with Gasteiger partial charge in [-0.05, 0) is 92.2 Å². The summed E-state index contributed by atoms with van der Waals surface area (Å²) in [6.07, 6.45) is 2.94. The molecule has 8 aromatic rings. The van der Waals surface area contributed by atoms with Gasteiger partial charge in [-0.3, -0.25) is 54.0 Å². The Morgan fingerprint density at radius 1 is 0.608 bits per heavy atom. The molecule has 0 bridgehead atoms. The number of carbonyl (C=O) groups excluding carboxylic acids is 2. The monoisotopic (exact) mass is 1170 g/mol. The molecule has 4 aromatic carbocycles. The van der Waals surface area contributed by atoms with Crippen LogP contribution >= 0.6 is 39.1 Å². The van der Waals surface area contributed by atoms with Gasteiger partial charge in [0, 0.05) is 61.6 Å². The van der Waals surface area contributed by atoms with Crippen molar-refractivity contribution in [2.45, 2.75) is 45.7 Å². The number of piperazine rings is 1. The molecule has 1 saturated heterocycles. The van der Waals surface area contributed by atoms with Crippen molar-refractivity contribution in [2.75, 3.05) is 57.6 Å². The minimum absolute atomic E-state index is 0.0194. The summed E-state index contributed by atoms with van der Waals surface area (Å²) in [6.45, 7) is 11.4. The number of nitrogens with zero attached hydrogens (tertiary/aromatic N) is 10. The molecule has 4 aromatic heterocycles. The number of alkyl halides is 1. The Labute approximate surface area is 473 Å². The molecule has 5 heterocycles. The largest absolute Gasteiger partial charge is 0.497 e. The van der Waals surface area contributed by atoms with Crippen LogP contribution in [0.1, 0.15) is 72.7 Å². The van der Waals surface area contributed by atoms with Gasteiger partial charge in [-0.1, -0.05) is 94.6 Å². The van der Waals surface area contributed by atoms with Crippen LogP contribution in [0.3, 0.4) is 0 Å². The Kier molecular flexibility index (Phi) is 18.8. The number of ketones is 2. The number of rotatable bonds is 20. The van der Waals surface area contributed by atoms with Crippen molar-refractivity contribution in [1.82, 2.24) is 39.3 Å². The highest BCUT2D eigenvalue weighted by molar-refractivity contribution is 9.08. The molecule has 0 aliphatic carbocycles. The number of nitro groups is 2. The van der Waals surface area contributed by atoms with Crippen LogP contribution in [0, 0.1) is 34.1 Å². The number of aromatic nitrogens is 6. The molecule has 1 aliphatic rings. The molecule has 0 atom stereocenters. The topological polar surface area (TPSA) is 231 Å². The van der Waals surface area contributed by atoms with E-state index in [1.165, 1.54) is 12.4 Å². The van der Waals surface area contributed by atoms with E-state index >= 15 is 0 Å². The van der Waals surface area contributed by atoms with Gasteiger partial charge in [-0.2, -0.15) is 0 Å². The number of ether oxygens (including phenoxy) is 2. The van der Waals surface area contributed by atoms with E-state index in [4.69, 9.17) is 32.7 Å². The fourth-order valence-corrected chi connectivity index (χ4v) is 9.60. The van der Waals surface area contributed by atoms with Crippen LogP contribution in [-0.4, -0.2) is 108 Å². The molecule has 0 saturated carbocycles. The molecule has 1 aliphatic heterocycles. The van der Waals surface area contributed by atoms with Crippen LogP contribution < -0.4 is 20.1 Å². The van der Waals surface area contributed by atoms with Gasteiger partial charge < -0.3 is 25.0 Å². The molecule has 408 valence electrons. The van der Waals surface area contributed by atoms with Gasteiger partial charge in [0.25, 0.3) is 0 Å². The first kappa shape index (κ1) is 57.1. The van der Waals surface area contributed by atoms with Gasteiger partial charge in [-0.25, -0.2) is 0 Å². The summed E-state index contributed by atoms with van der Waals surface area (Å²) >= 11 is 16.0. The molecule has 9 rings (SSSR count). The zero-order valence-electron chi connectivity index (χ0n) is 43.8. The number of halogens is 3. The molecule has 1 fully saturated rings. The highest BCUT2D eigenvalue weighted by Gasteiger charge is 2.30. The summed E-state index contributed by atoms with van der Waals surface area (Å²) in [5.74, 6) is 0.768. The van der Waals surface area contributed by atoms with Crippen LogP contribution in [0.25, 0.3) is 0 Å². The van der Waals surface area contributed by atoms with E-state index in [1.54, 1.807) is 98.1 Å². The Morgan fingerprint density at radius 3 is 1.41 bits per heavy atom. The predicted octanol–water partition coefficient (Wildman–Crippen LogP) is 11.4. The number of methoxy groups -OCH3 is 2. The van der Waals surface area contributed by atoms with Crippen molar-refractivity contribution >= 4 is 85.1 Å². The first-order valence-corrected chi connectivity index (χ1v) is 26.8. The highest BCUT2D eigenvalue weighted by Crippen LogP contribution is 2.36. The van der Waals surface area contributed by atoms with E-state index < -0.39 is 9.85 Å². The summed E-state index contributed by atoms with van der Waals surface area (Å²) in [4.78, 5) is 63.9. The lowest BCUT2D eigenvalue weighted by Crippen LogP contribution is -2.45. The Bertz CT molecular complexity index is 3510. The number of carbonyl (C=O) groups is 2. The zero-order chi connectivity index (χ0) is 56.3. The van der Waals surface area contributed by atoms with E-state index in [0.717, 1.165) is 49.5 Å². The van der Waals surface area contributed by atoms with Crippen molar-refractivity contribution in [3.05, 3.63) is 208 Å². The molecule has 79 heavy (non-hydrogen) atoms. The summed E-state index contributed by atoms with van der Waals surface area (Å²) < 4.78 is 13.5. The fourth-order valence-electron chi connectivity index (χ4n) is 8.85. The molecular formula is C56H55BrCl2N12O8. The molecule has 20 nitrogen and oxygen atoms in total. The minimum atomic E-state index is -0.489. The van der Waals surface area contributed by atoms with Gasteiger partial charge in [0.05, 0.1) is 81.1 Å². The van der Waals surface area contributed by atoms with Crippen LogP contribution in [0.15, 0.2) is 122 Å². The van der Waals surface area contributed by atoms with E-state index in [-0.39, 0.29) is 45.7 Å². The summed E-state index contributed by atoms with van der Waals surface area (Å²) in [7, 11) is 3.18. The first-order valence-electron chi connectivity index (χ1n) is 24.9. The van der Waals surface area contributed by atoms with Gasteiger partial charge in [-0.15, -0.1) is 10.2 Å². The van der Waals surface area contributed by atoms with Gasteiger partial charge in [0.1, 0.15) is 22.9 Å². The number of anilines is 4. The van der Waals surface area contributed by atoms with E-state index in [0.29, 0.717) is 86.1 Å². The molecule has 2 N–H and O–H groups in total. The van der Waals surface area contributed by atoms with E-state index in [9.17, 15) is 29.8 Å². The fraction of sp³-hybridized carbons (Fsp3) is 0.250. The second-order valence-electron chi connectivity index (χ2n) is 18.2. The molecule has 0 unspecified atom stereocenters. The third-order valence-electron chi connectivity index (χ3n) is 13.3.